The number of nitriles is 1. The lowest BCUT2D eigenvalue weighted by atomic mass is 10.1. The number of nitrogens with zero attached hydrogens (tertiary/aromatic N) is 1. The number of rotatable bonds is 6. The Balaban J connectivity index is 2.13. The fourth-order valence-corrected chi connectivity index (χ4v) is 3.01. The summed E-state index contributed by atoms with van der Waals surface area (Å²) in [4.78, 5) is 0. The summed E-state index contributed by atoms with van der Waals surface area (Å²) in [5, 5.41) is 12.8. The minimum Gasteiger partial charge on any atom is -0.380 e. The summed E-state index contributed by atoms with van der Waals surface area (Å²) in [6.07, 6.45) is 0. The number of sulfonamides is 1. The molecule has 2 rings (SSSR count). The van der Waals surface area contributed by atoms with Crippen molar-refractivity contribution in [3.63, 3.8) is 0 Å². The molecule has 120 valence electrons. The van der Waals surface area contributed by atoms with Crippen molar-refractivity contribution < 1.29 is 8.42 Å². The quantitative estimate of drug-likeness (QED) is 0.840. The highest BCUT2D eigenvalue weighted by molar-refractivity contribution is 7.88. The van der Waals surface area contributed by atoms with Crippen LogP contribution in [0.25, 0.3) is 0 Å². The van der Waals surface area contributed by atoms with Crippen LogP contribution in [0.5, 0.6) is 0 Å². The Labute approximate surface area is 141 Å². The third-order valence-electron chi connectivity index (χ3n) is 3.24. The molecule has 0 saturated heterocycles. The van der Waals surface area contributed by atoms with Crippen LogP contribution in [0.1, 0.15) is 16.7 Å². The average Bonchev–Trinajstić information content (AvgIpc) is 2.53. The van der Waals surface area contributed by atoms with E-state index in [1.807, 2.05) is 12.1 Å². The van der Waals surface area contributed by atoms with E-state index < -0.39 is 10.0 Å². The van der Waals surface area contributed by atoms with Gasteiger partial charge in [0.05, 0.1) is 17.0 Å². The van der Waals surface area contributed by atoms with Gasteiger partial charge >= 0.3 is 0 Å². The van der Waals surface area contributed by atoms with Gasteiger partial charge < -0.3 is 5.32 Å². The van der Waals surface area contributed by atoms with Gasteiger partial charge in [0, 0.05) is 11.6 Å². The molecule has 0 aromatic heterocycles. The standard InChI is InChI=1S/C16H16ClN3O2S/c1-19-23(21,22)11-13-4-2-3-12(7-13)10-20-16-8-15(17)6-5-14(16)9-18/h2-8,19-20H,10-11H2,1H3. The second-order valence-electron chi connectivity index (χ2n) is 4.94. The molecule has 2 aromatic rings. The van der Waals surface area contributed by atoms with E-state index in [0.29, 0.717) is 28.4 Å². The van der Waals surface area contributed by atoms with E-state index in [9.17, 15) is 8.42 Å². The average molecular weight is 350 g/mol. The summed E-state index contributed by atoms with van der Waals surface area (Å²) in [6, 6.07) is 14.4. The summed E-state index contributed by atoms with van der Waals surface area (Å²) >= 11 is 5.95. The van der Waals surface area contributed by atoms with Gasteiger partial charge in [-0.1, -0.05) is 35.9 Å². The lowest BCUT2D eigenvalue weighted by Gasteiger charge is -2.10. The van der Waals surface area contributed by atoms with Crippen LogP contribution < -0.4 is 10.0 Å². The van der Waals surface area contributed by atoms with Gasteiger partial charge in [0.15, 0.2) is 0 Å². The molecule has 0 unspecified atom stereocenters. The number of hydrogen-bond acceptors (Lipinski definition) is 4. The molecule has 0 spiro atoms. The Hall–Kier alpha value is -2.07. The van der Waals surface area contributed by atoms with Gasteiger partial charge in [-0.3, -0.25) is 0 Å². The predicted molar refractivity (Wildman–Crippen MR) is 91.6 cm³/mol. The maximum atomic E-state index is 11.6. The largest absolute Gasteiger partial charge is 0.380 e. The van der Waals surface area contributed by atoms with Crippen molar-refractivity contribution in [1.82, 2.24) is 4.72 Å². The van der Waals surface area contributed by atoms with Crippen LogP contribution in [0.4, 0.5) is 5.69 Å². The van der Waals surface area contributed by atoms with Crippen LogP contribution in [0.2, 0.25) is 5.02 Å². The minimum absolute atomic E-state index is 0.0715. The van der Waals surface area contributed by atoms with Crippen LogP contribution in [0, 0.1) is 11.3 Å². The first-order valence-electron chi connectivity index (χ1n) is 6.86. The minimum atomic E-state index is -3.30. The number of anilines is 1. The summed E-state index contributed by atoms with van der Waals surface area (Å²) < 4.78 is 25.5. The van der Waals surface area contributed by atoms with E-state index in [-0.39, 0.29) is 5.75 Å². The lowest BCUT2D eigenvalue weighted by Crippen LogP contribution is -2.20. The van der Waals surface area contributed by atoms with Crippen LogP contribution in [-0.4, -0.2) is 15.5 Å². The number of hydrogen-bond donors (Lipinski definition) is 2. The molecule has 2 N–H and O–H groups in total. The molecule has 0 radical (unpaired) electrons. The molecular weight excluding hydrogens is 334 g/mol. The zero-order valence-electron chi connectivity index (χ0n) is 12.5. The molecule has 0 heterocycles. The Morgan fingerprint density at radius 2 is 1.91 bits per heavy atom. The monoisotopic (exact) mass is 349 g/mol. The van der Waals surface area contributed by atoms with Gasteiger partial charge in [0.25, 0.3) is 0 Å². The zero-order chi connectivity index (χ0) is 16.9. The first-order chi connectivity index (χ1) is 10.9. The molecule has 5 nitrogen and oxygen atoms in total. The Morgan fingerprint density at radius 3 is 2.61 bits per heavy atom. The van der Waals surface area contributed by atoms with Crippen molar-refractivity contribution in [2.24, 2.45) is 0 Å². The van der Waals surface area contributed by atoms with E-state index in [1.54, 1.807) is 30.3 Å². The third kappa shape index (κ3) is 4.96. The fourth-order valence-electron chi connectivity index (χ4n) is 2.08. The van der Waals surface area contributed by atoms with Crippen molar-refractivity contribution >= 4 is 27.3 Å². The molecule has 23 heavy (non-hydrogen) atoms. The highest BCUT2D eigenvalue weighted by Crippen LogP contribution is 2.21. The summed E-state index contributed by atoms with van der Waals surface area (Å²) in [5.41, 5.74) is 2.76. The Kier molecular flexibility index (Phi) is 5.61. The van der Waals surface area contributed by atoms with Gasteiger partial charge in [0.2, 0.25) is 10.0 Å². The predicted octanol–water partition coefficient (Wildman–Crippen LogP) is 2.87. The second-order valence-corrected chi connectivity index (χ2v) is 7.30. The van der Waals surface area contributed by atoms with Crippen LogP contribution in [0.15, 0.2) is 42.5 Å². The summed E-state index contributed by atoms with van der Waals surface area (Å²) in [5.74, 6) is -0.0715. The molecule has 0 aliphatic carbocycles. The van der Waals surface area contributed by atoms with E-state index in [2.05, 4.69) is 16.1 Å². The summed E-state index contributed by atoms with van der Waals surface area (Å²) in [7, 11) is -1.91. The molecule has 0 bridgehead atoms. The molecular formula is C16H16ClN3O2S. The van der Waals surface area contributed by atoms with Crippen molar-refractivity contribution in [1.29, 1.82) is 5.26 Å². The molecule has 0 aliphatic rings. The van der Waals surface area contributed by atoms with Crippen molar-refractivity contribution in [3.05, 3.63) is 64.2 Å². The first kappa shape index (κ1) is 17.3. The van der Waals surface area contributed by atoms with E-state index >= 15 is 0 Å². The highest BCUT2D eigenvalue weighted by atomic mass is 35.5. The molecule has 0 aliphatic heterocycles. The molecule has 2 aromatic carbocycles. The van der Waals surface area contributed by atoms with E-state index in [4.69, 9.17) is 16.9 Å². The van der Waals surface area contributed by atoms with Gasteiger partial charge in [0.1, 0.15) is 6.07 Å². The lowest BCUT2D eigenvalue weighted by molar-refractivity contribution is 0.587. The molecule has 0 saturated carbocycles. The first-order valence-corrected chi connectivity index (χ1v) is 8.89. The maximum Gasteiger partial charge on any atom is 0.215 e. The normalized spacial score (nSPS) is 11.0. The fraction of sp³-hybridized carbons (Fsp3) is 0.188. The summed E-state index contributed by atoms with van der Waals surface area (Å²) in [6.45, 7) is 0.461. The molecule has 0 amide bonds. The topological polar surface area (TPSA) is 82.0 Å². The highest BCUT2D eigenvalue weighted by Gasteiger charge is 2.09. The van der Waals surface area contributed by atoms with Gasteiger partial charge in [-0.25, -0.2) is 13.1 Å². The van der Waals surface area contributed by atoms with Gasteiger partial charge in [-0.15, -0.1) is 0 Å². The van der Waals surface area contributed by atoms with Crippen molar-refractivity contribution in [2.75, 3.05) is 12.4 Å². The van der Waals surface area contributed by atoms with Crippen molar-refractivity contribution in [3.8, 4) is 6.07 Å². The third-order valence-corrected chi connectivity index (χ3v) is 4.81. The molecule has 0 atom stereocenters. The zero-order valence-corrected chi connectivity index (χ0v) is 14.1. The number of benzene rings is 2. The Morgan fingerprint density at radius 1 is 1.17 bits per heavy atom. The molecule has 7 heteroatoms. The van der Waals surface area contributed by atoms with Crippen LogP contribution in [-0.2, 0) is 22.3 Å². The Bertz CT molecular complexity index is 845. The van der Waals surface area contributed by atoms with Crippen LogP contribution in [0.3, 0.4) is 0 Å². The van der Waals surface area contributed by atoms with E-state index in [1.165, 1.54) is 7.05 Å². The van der Waals surface area contributed by atoms with Gasteiger partial charge in [-0.05, 0) is 36.4 Å². The second kappa shape index (κ2) is 7.47. The van der Waals surface area contributed by atoms with Crippen molar-refractivity contribution in [2.45, 2.75) is 12.3 Å². The SMILES string of the molecule is CNS(=O)(=O)Cc1cccc(CNc2cc(Cl)ccc2C#N)c1. The number of nitrogens with one attached hydrogen (secondary N) is 2. The smallest absolute Gasteiger partial charge is 0.215 e. The number of halogens is 1. The van der Waals surface area contributed by atoms with Crippen LogP contribution >= 0.6 is 11.6 Å². The van der Waals surface area contributed by atoms with Gasteiger partial charge in [-0.2, -0.15) is 5.26 Å². The molecule has 0 fully saturated rings. The van der Waals surface area contributed by atoms with E-state index in [0.717, 1.165) is 5.56 Å². The maximum absolute atomic E-state index is 11.6.